The Kier molecular flexibility index (Phi) is 5.10. The van der Waals surface area contributed by atoms with Crippen LogP contribution in [0.2, 0.25) is 5.02 Å². The van der Waals surface area contributed by atoms with Crippen LogP contribution >= 0.6 is 27.5 Å². The van der Waals surface area contributed by atoms with Crippen molar-refractivity contribution in [2.75, 3.05) is 0 Å². The second kappa shape index (κ2) is 7.30. The van der Waals surface area contributed by atoms with Crippen molar-refractivity contribution in [2.24, 2.45) is 0 Å². The van der Waals surface area contributed by atoms with Gasteiger partial charge in [-0.05, 0) is 54.0 Å². The molecule has 0 unspecified atom stereocenters. The largest absolute Gasteiger partial charge is 0.356 e. The lowest BCUT2D eigenvalue weighted by Crippen LogP contribution is -2.42. The number of aromatic amines is 1. The van der Waals surface area contributed by atoms with E-state index in [9.17, 15) is 9.59 Å². The van der Waals surface area contributed by atoms with Gasteiger partial charge in [0.1, 0.15) is 5.69 Å². The maximum absolute atomic E-state index is 12.4. The summed E-state index contributed by atoms with van der Waals surface area (Å²) in [7, 11) is 0. The molecule has 3 heterocycles. The minimum atomic E-state index is -0.641. The maximum Gasteiger partial charge on any atom is 0.289 e. The topological polar surface area (TPSA) is 105 Å². The molecule has 0 saturated carbocycles. The number of halogens is 2. The number of carbonyl (C=O) groups excluding carboxylic acids is 2. The van der Waals surface area contributed by atoms with E-state index < -0.39 is 11.8 Å². The molecule has 0 radical (unpaired) electrons. The summed E-state index contributed by atoms with van der Waals surface area (Å²) in [6.45, 7) is 3.74. The van der Waals surface area contributed by atoms with E-state index in [2.05, 4.69) is 41.8 Å². The van der Waals surface area contributed by atoms with Gasteiger partial charge in [-0.1, -0.05) is 11.6 Å². The molecular formula is C16H14BrClN6O2. The summed E-state index contributed by atoms with van der Waals surface area (Å²) in [5.74, 6) is -0.697. The number of hydrogen-bond acceptors (Lipinski definition) is 4. The Labute approximate surface area is 162 Å². The quantitative estimate of drug-likeness (QED) is 0.548. The molecule has 0 bridgehead atoms. The molecule has 10 heteroatoms. The van der Waals surface area contributed by atoms with E-state index in [1.807, 2.05) is 19.9 Å². The number of amides is 2. The Morgan fingerprint density at radius 2 is 1.92 bits per heavy atom. The summed E-state index contributed by atoms with van der Waals surface area (Å²) in [6.07, 6.45) is 1.60. The number of nitrogens with zero attached hydrogens (tertiary/aromatic N) is 3. The Balaban J connectivity index is 1.77. The predicted molar refractivity (Wildman–Crippen MR) is 99.3 cm³/mol. The third-order valence-corrected chi connectivity index (χ3v) is 4.22. The summed E-state index contributed by atoms with van der Waals surface area (Å²) >= 11 is 9.31. The first kappa shape index (κ1) is 18.2. The molecule has 0 fully saturated rings. The van der Waals surface area contributed by atoms with Crippen molar-refractivity contribution >= 4 is 39.3 Å². The molecule has 0 saturated heterocycles. The Morgan fingerprint density at radius 1 is 1.19 bits per heavy atom. The fraction of sp³-hybridized carbons (Fsp3) is 0.125. The monoisotopic (exact) mass is 436 g/mol. The second-order valence-electron chi connectivity index (χ2n) is 5.48. The van der Waals surface area contributed by atoms with Crippen LogP contribution in [0.3, 0.4) is 0 Å². The average molecular weight is 438 g/mol. The van der Waals surface area contributed by atoms with Crippen molar-refractivity contribution in [1.82, 2.24) is 30.6 Å². The van der Waals surface area contributed by atoms with Crippen LogP contribution in [0.1, 0.15) is 32.4 Å². The highest BCUT2D eigenvalue weighted by Crippen LogP contribution is 2.17. The maximum atomic E-state index is 12.4. The molecule has 3 aromatic rings. The Morgan fingerprint density at radius 3 is 2.54 bits per heavy atom. The number of aryl methyl sites for hydroxylation is 2. The van der Waals surface area contributed by atoms with Gasteiger partial charge in [0.15, 0.2) is 11.5 Å². The summed E-state index contributed by atoms with van der Waals surface area (Å²) in [4.78, 5) is 31.3. The van der Waals surface area contributed by atoms with E-state index >= 15 is 0 Å². The lowest BCUT2D eigenvalue weighted by Gasteiger charge is -2.09. The zero-order valence-corrected chi connectivity index (χ0v) is 16.1. The summed E-state index contributed by atoms with van der Waals surface area (Å²) in [5.41, 5.74) is 6.56. The number of carbonyl (C=O) groups is 2. The molecule has 0 atom stereocenters. The molecule has 3 rings (SSSR count). The minimum Gasteiger partial charge on any atom is -0.356 e. The molecule has 26 heavy (non-hydrogen) atoms. The van der Waals surface area contributed by atoms with E-state index in [-0.39, 0.29) is 16.4 Å². The van der Waals surface area contributed by atoms with Gasteiger partial charge in [0, 0.05) is 16.4 Å². The van der Waals surface area contributed by atoms with Gasteiger partial charge in [-0.2, -0.15) is 5.10 Å². The first-order valence-electron chi connectivity index (χ1n) is 7.50. The molecular weight excluding hydrogens is 424 g/mol. The van der Waals surface area contributed by atoms with E-state index in [0.29, 0.717) is 5.82 Å². The van der Waals surface area contributed by atoms with E-state index in [0.717, 1.165) is 15.9 Å². The summed E-state index contributed by atoms with van der Waals surface area (Å²) in [6, 6.07) is 6.69. The number of hydrazine groups is 1. The predicted octanol–water partition coefficient (Wildman–Crippen LogP) is 2.70. The lowest BCUT2D eigenvalue weighted by molar-refractivity contribution is 0.0841. The SMILES string of the molecule is Cc1cc(C)n(-c2ccc(Cl)c(C(=O)NNC(=O)c3cc(Br)c[nH]3)n2)n1. The molecule has 0 aliphatic rings. The number of aromatic nitrogens is 4. The zero-order valence-electron chi connectivity index (χ0n) is 13.8. The molecule has 0 aliphatic heterocycles. The molecule has 0 aromatic carbocycles. The normalized spacial score (nSPS) is 10.6. The van der Waals surface area contributed by atoms with Crippen LogP contribution in [0.5, 0.6) is 0 Å². The van der Waals surface area contributed by atoms with Crippen LogP contribution in [0.4, 0.5) is 0 Å². The van der Waals surface area contributed by atoms with Gasteiger partial charge in [-0.25, -0.2) is 9.67 Å². The zero-order chi connectivity index (χ0) is 18.8. The van der Waals surface area contributed by atoms with E-state index in [4.69, 9.17) is 11.6 Å². The van der Waals surface area contributed by atoms with Crippen LogP contribution in [0.25, 0.3) is 5.82 Å². The first-order valence-corrected chi connectivity index (χ1v) is 8.67. The van der Waals surface area contributed by atoms with Crippen molar-refractivity contribution in [2.45, 2.75) is 13.8 Å². The number of nitrogens with one attached hydrogen (secondary N) is 3. The number of hydrogen-bond donors (Lipinski definition) is 3. The fourth-order valence-electron chi connectivity index (χ4n) is 2.31. The van der Waals surface area contributed by atoms with Crippen molar-refractivity contribution in [3.05, 3.63) is 62.7 Å². The minimum absolute atomic E-state index is 0.0234. The molecule has 0 aliphatic carbocycles. The van der Waals surface area contributed by atoms with Gasteiger partial charge in [0.05, 0.1) is 10.7 Å². The smallest absolute Gasteiger partial charge is 0.289 e. The van der Waals surface area contributed by atoms with Gasteiger partial charge in [0.25, 0.3) is 11.8 Å². The van der Waals surface area contributed by atoms with Crippen LogP contribution in [0.15, 0.2) is 34.9 Å². The molecule has 134 valence electrons. The highest BCUT2D eigenvalue weighted by atomic mass is 79.9. The average Bonchev–Trinajstić information content (AvgIpc) is 3.18. The standard InChI is InChI=1S/C16H14BrClN6O2/c1-8-5-9(2)24(23-8)13-4-3-11(18)14(20-13)16(26)22-21-15(25)12-6-10(17)7-19-12/h3-7,19H,1-2H3,(H,21,25)(H,22,26). The molecule has 2 amide bonds. The first-order chi connectivity index (χ1) is 12.3. The van der Waals surface area contributed by atoms with Crippen LogP contribution in [0, 0.1) is 13.8 Å². The van der Waals surface area contributed by atoms with Gasteiger partial charge < -0.3 is 4.98 Å². The number of H-pyrrole nitrogens is 1. The van der Waals surface area contributed by atoms with Gasteiger partial charge in [0.2, 0.25) is 0 Å². The van der Waals surface area contributed by atoms with Gasteiger partial charge in [-0.3, -0.25) is 20.4 Å². The van der Waals surface area contributed by atoms with Crippen molar-refractivity contribution in [3.8, 4) is 5.82 Å². The highest BCUT2D eigenvalue weighted by molar-refractivity contribution is 9.10. The second-order valence-corrected chi connectivity index (χ2v) is 6.80. The molecule has 0 spiro atoms. The van der Waals surface area contributed by atoms with Crippen molar-refractivity contribution < 1.29 is 9.59 Å². The van der Waals surface area contributed by atoms with Crippen molar-refractivity contribution in [3.63, 3.8) is 0 Å². The third kappa shape index (κ3) is 3.78. The fourth-order valence-corrected chi connectivity index (χ4v) is 2.84. The molecule has 3 N–H and O–H groups in total. The third-order valence-electron chi connectivity index (χ3n) is 3.45. The highest BCUT2D eigenvalue weighted by Gasteiger charge is 2.17. The van der Waals surface area contributed by atoms with Gasteiger partial charge in [-0.15, -0.1) is 0 Å². The Hall–Kier alpha value is -2.65. The lowest BCUT2D eigenvalue weighted by atomic mass is 10.3. The summed E-state index contributed by atoms with van der Waals surface area (Å²) < 4.78 is 2.33. The van der Waals surface area contributed by atoms with E-state index in [1.54, 1.807) is 29.1 Å². The van der Waals surface area contributed by atoms with Crippen LogP contribution in [-0.4, -0.2) is 31.6 Å². The van der Waals surface area contributed by atoms with E-state index in [1.165, 1.54) is 0 Å². The van der Waals surface area contributed by atoms with Crippen LogP contribution < -0.4 is 10.9 Å². The Bertz CT molecular complexity index is 997. The molecule has 3 aromatic heterocycles. The molecule has 8 nitrogen and oxygen atoms in total. The summed E-state index contributed by atoms with van der Waals surface area (Å²) in [5, 5.41) is 4.48. The van der Waals surface area contributed by atoms with Crippen molar-refractivity contribution in [1.29, 1.82) is 0 Å². The number of pyridine rings is 1. The van der Waals surface area contributed by atoms with Gasteiger partial charge >= 0.3 is 0 Å². The number of rotatable bonds is 3. The van der Waals surface area contributed by atoms with Crippen LogP contribution in [-0.2, 0) is 0 Å².